The fourth-order valence-electron chi connectivity index (χ4n) is 2.76. The van der Waals surface area contributed by atoms with E-state index in [-0.39, 0.29) is 6.10 Å². The molecule has 25 heavy (non-hydrogen) atoms. The Bertz CT molecular complexity index is 907. The van der Waals surface area contributed by atoms with Gasteiger partial charge in [0.15, 0.2) is 11.5 Å². The van der Waals surface area contributed by atoms with Crippen LogP contribution in [0.25, 0.3) is 11.6 Å². The molecule has 8 nitrogen and oxygen atoms in total. The molecule has 3 aromatic rings. The molecule has 0 radical (unpaired) electrons. The Kier molecular flexibility index (Phi) is 4.14. The van der Waals surface area contributed by atoms with Gasteiger partial charge in [0.2, 0.25) is 0 Å². The second-order valence-electron chi connectivity index (χ2n) is 5.64. The summed E-state index contributed by atoms with van der Waals surface area (Å²) in [6, 6.07) is 5.67. The van der Waals surface area contributed by atoms with Crippen molar-refractivity contribution in [2.24, 2.45) is 0 Å². The lowest BCUT2D eigenvalue weighted by Gasteiger charge is -2.24. The van der Waals surface area contributed by atoms with Gasteiger partial charge in [-0.1, -0.05) is 28.0 Å². The molecule has 2 aromatic heterocycles. The molecule has 0 bridgehead atoms. The fraction of sp³-hybridized carbons (Fsp3) is 0.375. The summed E-state index contributed by atoms with van der Waals surface area (Å²) < 4.78 is 18.4. The van der Waals surface area contributed by atoms with Crippen molar-refractivity contribution in [3.8, 4) is 17.3 Å². The van der Waals surface area contributed by atoms with Crippen molar-refractivity contribution in [2.45, 2.75) is 33.1 Å². The highest BCUT2D eigenvalue weighted by atomic mass is 35.5. The molecule has 4 rings (SSSR count). The zero-order valence-electron chi connectivity index (χ0n) is 13.8. The predicted molar refractivity (Wildman–Crippen MR) is 88.2 cm³/mol. The first-order valence-corrected chi connectivity index (χ1v) is 8.30. The standard InChI is InChI=1S/C16H16ClN5O3/c1-3-23-13-5-4-10(6-11(13)17)14-7-22-12(8-24-14)15(19-21-22)16-18-9(2)20-25-16/h4-6,14H,3,7-8H2,1-2H3/t14-/m1/s1. The monoisotopic (exact) mass is 361 g/mol. The van der Waals surface area contributed by atoms with E-state index in [2.05, 4.69) is 20.5 Å². The third-order valence-electron chi connectivity index (χ3n) is 3.96. The van der Waals surface area contributed by atoms with E-state index in [0.717, 1.165) is 11.3 Å². The van der Waals surface area contributed by atoms with Crippen LogP contribution in [0.15, 0.2) is 22.7 Å². The van der Waals surface area contributed by atoms with Gasteiger partial charge in [-0.3, -0.25) is 0 Å². The van der Waals surface area contributed by atoms with Crippen molar-refractivity contribution in [1.82, 2.24) is 25.1 Å². The molecule has 0 saturated heterocycles. The summed E-state index contributed by atoms with van der Waals surface area (Å²) in [5.74, 6) is 1.57. The second-order valence-corrected chi connectivity index (χ2v) is 6.04. The summed E-state index contributed by atoms with van der Waals surface area (Å²) in [5.41, 5.74) is 2.34. The molecule has 0 saturated carbocycles. The van der Waals surface area contributed by atoms with Crippen LogP contribution in [-0.4, -0.2) is 31.7 Å². The van der Waals surface area contributed by atoms with Crippen molar-refractivity contribution in [3.63, 3.8) is 0 Å². The second kappa shape index (κ2) is 6.45. The maximum atomic E-state index is 6.27. The van der Waals surface area contributed by atoms with Crippen LogP contribution < -0.4 is 4.74 Å². The first-order valence-electron chi connectivity index (χ1n) is 7.92. The topological polar surface area (TPSA) is 88.1 Å². The van der Waals surface area contributed by atoms with Crippen LogP contribution in [0.3, 0.4) is 0 Å². The van der Waals surface area contributed by atoms with E-state index in [1.165, 1.54) is 0 Å². The normalized spacial score (nSPS) is 16.7. The first kappa shape index (κ1) is 16.0. The van der Waals surface area contributed by atoms with Crippen LogP contribution in [0, 0.1) is 6.92 Å². The highest BCUT2D eigenvalue weighted by Crippen LogP contribution is 2.33. The third-order valence-corrected chi connectivity index (χ3v) is 4.25. The van der Waals surface area contributed by atoms with Crippen LogP contribution in [0.5, 0.6) is 5.75 Å². The smallest absolute Gasteiger partial charge is 0.280 e. The Hall–Kier alpha value is -2.45. The van der Waals surface area contributed by atoms with E-state index in [9.17, 15) is 0 Å². The van der Waals surface area contributed by atoms with Crippen molar-refractivity contribution >= 4 is 11.6 Å². The molecule has 0 N–H and O–H groups in total. The minimum Gasteiger partial charge on any atom is -0.492 e. The Morgan fingerprint density at radius 2 is 2.28 bits per heavy atom. The number of ether oxygens (including phenoxy) is 2. The van der Waals surface area contributed by atoms with E-state index in [4.69, 9.17) is 25.6 Å². The van der Waals surface area contributed by atoms with Crippen LogP contribution >= 0.6 is 11.6 Å². The highest BCUT2D eigenvalue weighted by molar-refractivity contribution is 6.32. The quantitative estimate of drug-likeness (QED) is 0.705. The number of nitrogens with zero attached hydrogens (tertiary/aromatic N) is 5. The summed E-state index contributed by atoms with van der Waals surface area (Å²) in [6.45, 7) is 5.12. The number of fused-ring (bicyclic) bond motifs is 1. The largest absolute Gasteiger partial charge is 0.492 e. The summed E-state index contributed by atoms with van der Waals surface area (Å²) in [5, 5.41) is 12.7. The van der Waals surface area contributed by atoms with Crippen LogP contribution in [0.2, 0.25) is 5.02 Å². The summed E-state index contributed by atoms with van der Waals surface area (Å²) >= 11 is 6.27. The van der Waals surface area contributed by atoms with Gasteiger partial charge in [0, 0.05) is 0 Å². The Morgan fingerprint density at radius 3 is 3.00 bits per heavy atom. The van der Waals surface area contributed by atoms with E-state index in [1.807, 2.05) is 25.1 Å². The van der Waals surface area contributed by atoms with Gasteiger partial charge < -0.3 is 14.0 Å². The lowest BCUT2D eigenvalue weighted by atomic mass is 10.1. The van der Waals surface area contributed by atoms with Gasteiger partial charge in [-0.05, 0) is 31.5 Å². The molecule has 1 atom stereocenters. The maximum absolute atomic E-state index is 6.27. The number of hydrogen-bond donors (Lipinski definition) is 0. The lowest BCUT2D eigenvalue weighted by molar-refractivity contribution is -0.00119. The zero-order valence-corrected chi connectivity index (χ0v) is 14.5. The molecule has 0 aliphatic carbocycles. The van der Waals surface area contributed by atoms with Gasteiger partial charge in [-0.2, -0.15) is 4.98 Å². The molecule has 3 heterocycles. The van der Waals surface area contributed by atoms with Crippen LogP contribution in [0.4, 0.5) is 0 Å². The Morgan fingerprint density at radius 1 is 1.40 bits per heavy atom. The van der Waals surface area contributed by atoms with Gasteiger partial charge in [-0.25, -0.2) is 4.68 Å². The van der Waals surface area contributed by atoms with Gasteiger partial charge >= 0.3 is 0 Å². The van der Waals surface area contributed by atoms with Gasteiger partial charge in [0.25, 0.3) is 5.89 Å². The number of aryl methyl sites for hydroxylation is 1. The van der Waals surface area contributed by atoms with E-state index in [0.29, 0.717) is 47.9 Å². The molecule has 0 spiro atoms. The molecular weight excluding hydrogens is 346 g/mol. The Labute approximate surface area is 148 Å². The van der Waals surface area contributed by atoms with E-state index in [1.54, 1.807) is 11.6 Å². The van der Waals surface area contributed by atoms with Crippen molar-refractivity contribution in [1.29, 1.82) is 0 Å². The number of halogens is 1. The molecule has 0 amide bonds. The molecule has 1 aliphatic heterocycles. The lowest BCUT2D eigenvalue weighted by Crippen LogP contribution is -2.22. The fourth-order valence-corrected chi connectivity index (χ4v) is 3.01. The first-order chi connectivity index (χ1) is 12.2. The van der Waals surface area contributed by atoms with Crippen LogP contribution in [0.1, 0.15) is 30.1 Å². The molecule has 0 unspecified atom stereocenters. The minimum absolute atomic E-state index is 0.167. The molecule has 1 aromatic carbocycles. The van der Waals surface area contributed by atoms with Gasteiger partial charge in [0.05, 0.1) is 30.5 Å². The van der Waals surface area contributed by atoms with E-state index >= 15 is 0 Å². The maximum Gasteiger partial charge on any atom is 0.280 e. The predicted octanol–water partition coefficient (Wildman–Crippen LogP) is 2.96. The van der Waals surface area contributed by atoms with Crippen molar-refractivity contribution in [3.05, 3.63) is 40.3 Å². The number of benzene rings is 1. The van der Waals surface area contributed by atoms with Crippen molar-refractivity contribution in [2.75, 3.05) is 6.61 Å². The average molecular weight is 362 g/mol. The molecule has 130 valence electrons. The molecule has 1 aliphatic rings. The van der Waals surface area contributed by atoms with Crippen molar-refractivity contribution < 1.29 is 14.0 Å². The van der Waals surface area contributed by atoms with Crippen LogP contribution in [-0.2, 0) is 17.9 Å². The summed E-state index contributed by atoms with van der Waals surface area (Å²) in [7, 11) is 0. The molecule has 9 heteroatoms. The number of rotatable bonds is 4. The molecule has 0 fully saturated rings. The SMILES string of the molecule is CCOc1ccc([C@H]2Cn3nnc(-c4nc(C)no4)c3CO2)cc1Cl. The minimum atomic E-state index is -0.167. The van der Waals surface area contributed by atoms with Gasteiger partial charge in [-0.15, -0.1) is 5.10 Å². The molecular formula is C16H16ClN5O3. The highest BCUT2D eigenvalue weighted by Gasteiger charge is 2.28. The summed E-state index contributed by atoms with van der Waals surface area (Å²) in [4.78, 5) is 4.20. The Balaban J connectivity index is 1.58. The number of hydrogen-bond acceptors (Lipinski definition) is 7. The zero-order chi connectivity index (χ0) is 17.4. The third kappa shape index (κ3) is 2.98. The average Bonchev–Trinajstić information content (AvgIpc) is 3.22. The number of aromatic nitrogens is 5. The van der Waals surface area contributed by atoms with E-state index < -0.39 is 0 Å². The summed E-state index contributed by atoms with van der Waals surface area (Å²) in [6.07, 6.45) is -0.167. The van der Waals surface area contributed by atoms with Gasteiger partial charge in [0.1, 0.15) is 11.9 Å².